The van der Waals surface area contributed by atoms with Crippen LogP contribution < -0.4 is 0 Å². The van der Waals surface area contributed by atoms with Gasteiger partial charge in [0, 0.05) is 0 Å². The fourth-order valence-electron chi connectivity index (χ4n) is 1.47. The first-order valence-corrected chi connectivity index (χ1v) is 5.33. The van der Waals surface area contributed by atoms with Crippen molar-refractivity contribution in [2.75, 3.05) is 6.61 Å². The number of halogens is 2. The molecular formula is C12H12F2N2O2. The van der Waals surface area contributed by atoms with Gasteiger partial charge in [-0.05, 0) is 25.5 Å². The van der Waals surface area contributed by atoms with Crippen LogP contribution in [0.15, 0.2) is 6.07 Å². The molecule has 0 aliphatic carbocycles. The Kier molecular flexibility index (Phi) is 4.72. The fourth-order valence-corrected chi connectivity index (χ4v) is 1.47. The number of pyridine rings is 1. The highest BCUT2D eigenvalue weighted by atomic mass is 19.3. The average molecular weight is 254 g/mol. The first-order valence-electron chi connectivity index (χ1n) is 5.33. The third kappa shape index (κ3) is 3.23. The Morgan fingerprint density at radius 1 is 1.61 bits per heavy atom. The number of nitrogens with zero attached hydrogens (tertiary/aromatic N) is 2. The highest BCUT2D eigenvalue weighted by molar-refractivity contribution is 5.73. The van der Waals surface area contributed by atoms with Crippen molar-refractivity contribution >= 4 is 5.97 Å². The summed E-state index contributed by atoms with van der Waals surface area (Å²) in [6.07, 6.45) is -3.02. The second kappa shape index (κ2) is 6.05. The van der Waals surface area contributed by atoms with Crippen LogP contribution in [0.3, 0.4) is 0 Å². The fraction of sp³-hybridized carbons (Fsp3) is 0.417. The zero-order valence-corrected chi connectivity index (χ0v) is 10.0. The number of carbonyl (C=O) groups excluding carboxylic acids is 1. The zero-order chi connectivity index (χ0) is 13.7. The maximum absolute atomic E-state index is 12.7. The van der Waals surface area contributed by atoms with Crippen LogP contribution >= 0.6 is 0 Å². The van der Waals surface area contributed by atoms with Crippen LogP contribution in [0.4, 0.5) is 8.78 Å². The molecule has 1 aromatic rings. The van der Waals surface area contributed by atoms with Gasteiger partial charge in [-0.3, -0.25) is 4.79 Å². The van der Waals surface area contributed by atoms with E-state index in [-0.39, 0.29) is 29.8 Å². The van der Waals surface area contributed by atoms with E-state index in [2.05, 4.69) is 4.98 Å². The molecule has 4 nitrogen and oxygen atoms in total. The molecule has 18 heavy (non-hydrogen) atoms. The van der Waals surface area contributed by atoms with Gasteiger partial charge in [0.25, 0.3) is 6.43 Å². The molecule has 0 radical (unpaired) electrons. The van der Waals surface area contributed by atoms with Crippen molar-refractivity contribution in [3.8, 4) is 6.07 Å². The summed E-state index contributed by atoms with van der Waals surface area (Å²) in [4.78, 5) is 15.0. The van der Waals surface area contributed by atoms with Crippen molar-refractivity contribution in [1.82, 2.24) is 4.98 Å². The molecule has 0 aliphatic heterocycles. The lowest BCUT2D eigenvalue weighted by atomic mass is 10.1. The number of nitriles is 1. The Bertz CT molecular complexity index is 496. The van der Waals surface area contributed by atoms with E-state index < -0.39 is 18.1 Å². The summed E-state index contributed by atoms with van der Waals surface area (Å²) < 4.78 is 30.0. The maximum atomic E-state index is 12.7. The molecule has 0 spiro atoms. The standard InChI is InChI=1S/C12H12F2N2O2/c1-3-18-10(17)5-9-8(6-15)4-7(2)11(16-9)12(13)14/h4,12H,3,5H2,1-2H3. The Balaban J connectivity index is 3.13. The van der Waals surface area contributed by atoms with Crippen LogP contribution in [0.25, 0.3) is 0 Å². The topological polar surface area (TPSA) is 63.0 Å². The lowest BCUT2D eigenvalue weighted by Crippen LogP contribution is -2.12. The number of aromatic nitrogens is 1. The minimum absolute atomic E-state index is 0.0249. The van der Waals surface area contributed by atoms with Crippen molar-refractivity contribution in [1.29, 1.82) is 5.26 Å². The Morgan fingerprint density at radius 2 is 2.28 bits per heavy atom. The third-order valence-corrected chi connectivity index (χ3v) is 2.28. The van der Waals surface area contributed by atoms with Gasteiger partial charge in [-0.25, -0.2) is 13.8 Å². The van der Waals surface area contributed by atoms with Gasteiger partial charge in [0.2, 0.25) is 0 Å². The summed E-state index contributed by atoms with van der Waals surface area (Å²) in [6.45, 7) is 3.27. The van der Waals surface area contributed by atoms with Crippen molar-refractivity contribution < 1.29 is 18.3 Å². The summed E-state index contributed by atoms with van der Waals surface area (Å²) in [6, 6.07) is 3.14. The minimum Gasteiger partial charge on any atom is -0.466 e. The zero-order valence-electron chi connectivity index (χ0n) is 10.0. The number of carbonyl (C=O) groups is 1. The van der Waals surface area contributed by atoms with Crippen LogP contribution in [0.2, 0.25) is 0 Å². The molecule has 0 fully saturated rings. The quantitative estimate of drug-likeness (QED) is 0.773. The third-order valence-electron chi connectivity index (χ3n) is 2.28. The van der Waals surface area contributed by atoms with Crippen LogP contribution in [0.1, 0.15) is 35.9 Å². The van der Waals surface area contributed by atoms with E-state index >= 15 is 0 Å². The molecule has 0 unspecified atom stereocenters. The average Bonchev–Trinajstić information content (AvgIpc) is 2.30. The highest BCUT2D eigenvalue weighted by Crippen LogP contribution is 2.22. The van der Waals surface area contributed by atoms with Gasteiger partial charge in [0.05, 0.1) is 24.3 Å². The van der Waals surface area contributed by atoms with Gasteiger partial charge < -0.3 is 4.74 Å². The Morgan fingerprint density at radius 3 is 2.78 bits per heavy atom. The molecule has 0 bridgehead atoms. The van der Waals surface area contributed by atoms with E-state index in [1.165, 1.54) is 13.0 Å². The molecule has 0 atom stereocenters. The van der Waals surface area contributed by atoms with Crippen molar-refractivity contribution in [2.45, 2.75) is 26.7 Å². The van der Waals surface area contributed by atoms with Crippen molar-refractivity contribution in [3.05, 3.63) is 28.6 Å². The first-order chi connectivity index (χ1) is 8.49. The number of alkyl halides is 2. The molecule has 0 amide bonds. The van der Waals surface area contributed by atoms with Crippen LogP contribution in [0, 0.1) is 18.3 Å². The van der Waals surface area contributed by atoms with Crippen LogP contribution in [-0.2, 0) is 16.0 Å². The summed E-state index contributed by atoms with van der Waals surface area (Å²) in [5.74, 6) is -0.592. The number of hydrogen-bond donors (Lipinski definition) is 0. The van der Waals surface area contributed by atoms with E-state index in [1.807, 2.05) is 6.07 Å². The molecule has 96 valence electrons. The lowest BCUT2D eigenvalue weighted by Gasteiger charge is -2.09. The second-order valence-corrected chi connectivity index (χ2v) is 3.58. The minimum atomic E-state index is -2.74. The van der Waals surface area contributed by atoms with Gasteiger partial charge in [-0.2, -0.15) is 5.26 Å². The monoisotopic (exact) mass is 254 g/mol. The van der Waals surface area contributed by atoms with E-state index in [9.17, 15) is 13.6 Å². The predicted octanol–water partition coefficient (Wildman–Crippen LogP) is 2.30. The summed E-state index contributed by atoms with van der Waals surface area (Å²) in [7, 11) is 0. The van der Waals surface area contributed by atoms with Gasteiger partial charge in [0.1, 0.15) is 11.8 Å². The van der Waals surface area contributed by atoms with Gasteiger partial charge >= 0.3 is 5.97 Å². The lowest BCUT2D eigenvalue weighted by molar-refractivity contribution is -0.142. The van der Waals surface area contributed by atoms with Crippen LogP contribution in [0.5, 0.6) is 0 Å². The van der Waals surface area contributed by atoms with E-state index in [4.69, 9.17) is 10.00 Å². The molecular weight excluding hydrogens is 242 g/mol. The molecule has 0 N–H and O–H groups in total. The normalized spacial score (nSPS) is 10.2. The molecule has 0 saturated carbocycles. The number of aryl methyl sites for hydroxylation is 1. The molecule has 0 saturated heterocycles. The van der Waals surface area contributed by atoms with Gasteiger partial charge in [-0.1, -0.05) is 0 Å². The number of rotatable bonds is 4. The van der Waals surface area contributed by atoms with Gasteiger partial charge in [-0.15, -0.1) is 0 Å². The molecule has 0 aliphatic rings. The second-order valence-electron chi connectivity index (χ2n) is 3.58. The van der Waals surface area contributed by atoms with Crippen LogP contribution in [-0.4, -0.2) is 17.6 Å². The van der Waals surface area contributed by atoms with Gasteiger partial charge in [0.15, 0.2) is 0 Å². The summed E-state index contributed by atoms with van der Waals surface area (Å²) >= 11 is 0. The molecule has 0 aromatic carbocycles. The first kappa shape index (κ1) is 14.0. The maximum Gasteiger partial charge on any atom is 0.311 e. The SMILES string of the molecule is CCOC(=O)Cc1nc(C(F)F)c(C)cc1C#N. The van der Waals surface area contributed by atoms with E-state index in [0.29, 0.717) is 0 Å². The predicted molar refractivity (Wildman–Crippen MR) is 59.0 cm³/mol. The summed E-state index contributed by atoms with van der Waals surface area (Å²) in [5.41, 5.74) is -0.0377. The highest BCUT2D eigenvalue weighted by Gasteiger charge is 2.18. The summed E-state index contributed by atoms with van der Waals surface area (Å²) in [5, 5.41) is 8.89. The van der Waals surface area contributed by atoms with E-state index in [0.717, 1.165) is 0 Å². The molecule has 1 heterocycles. The van der Waals surface area contributed by atoms with Crippen molar-refractivity contribution in [2.24, 2.45) is 0 Å². The number of hydrogen-bond acceptors (Lipinski definition) is 4. The smallest absolute Gasteiger partial charge is 0.311 e. The Labute approximate surface area is 103 Å². The number of esters is 1. The Hall–Kier alpha value is -2.03. The number of ether oxygens (including phenoxy) is 1. The largest absolute Gasteiger partial charge is 0.466 e. The van der Waals surface area contributed by atoms with Crippen molar-refractivity contribution in [3.63, 3.8) is 0 Å². The molecule has 6 heteroatoms. The van der Waals surface area contributed by atoms with E-state index in [1.54, 1.807) is 6.92 Å². The molecule has 1 aromatic heterocycles. The molecule has 1 rings (SSSR count).